The van der Waals surface area contributed by atoms with Crippen LogP contribution in [0.1, 0.15) is 30.9 Å². The molecule has 0 amide bonds. The summed E-state index contributed by atoms with van der Waals surface area (Å²) in [5.74, 6) is -0.167. The summed E-state index contributed by atoms with van der Waals surface area (Å²) < 4.78 is 14.1. The molecule has 0 fully saturated rings. The van der Waals surface area contributed by atoms with E-state index in [9.17, 15) is 4.39 Å². The Labute approximate surface area is 138 Å². The molecule has 0 aliphatic carbocycles. The van der Waals surface area contributed by atoms with Gasteiger partial charge in [-0.25, -0.2) is 4.39 Å². The highest BCUT2D eigenvalue weighted by Gasteiger charge is 2.09. The van der Waals surface area contributed by atoms with Crippen molar-refractivity contribution in [1.29, 1.82) is 0 Å². The van der Waals surface area contributed by atoms with E-state index in [0.29, 0.717) is 5.69 Å². The summed E-state index contributed by atoms with van der Waals surface area (Å²) in [4.78, 5) is 5.99. The summed E-state index contributed by atoms with van der Waals surface area (Å²) in [6.07, 6.45) is 6.80. The van der Waals surface area contributed by atoms with E-state index in [-0.39, 0.29) is 5.82 Å². The van der Waals surface area contributed by atoms with Crippen molar-refractivity contribution in [1.82, 2.24) is 10.3 Å². The highest BCUT2D eigenvalue weighted by Crippen LogP contribution is 2.20. The minimum Gasteiger partial charge on any atom is -0.372 e. The summed E-state index contributed by atoms with van der Waals surface area (Å²) in [6, 6.07) is 9.36. The predicted octanol–water partition coefficient (Wildman–Crippen LogP) is 3.79. The van der Waals surface area contributed by atoms with Gasteiger partial charge in [0.25, 0.3) is 0 Å². The molecule has 0 atom stereocenters. The van der Waals surface area contributed by atoms with Crippen molar-refractivity contribution in [3.63, 3.8) is 0 Å². The number of likely N-dealkylation sites (N-methyl/N-ethyl adjacent to an activating group) is 1. The lowest BCUT2D eigenvalue weighted by atomic mass is 10.1. The molecule has 1 aromatic heterocycles. The van der Waals surface area contributed by atoms with Crippen LogP contribution in [-0.4, -0.2) is 25.1 Å². The van der Waals surface area contributed by atoms with Crippen LogP contribution in [0.15, 0.2) is 42.7 Å². The van der Waals surface area contributed by atoms with Gasteiger partial charge in [0.1, 0.15) is 5.82 Å². The molecule has 0 saturated carbocycles. The van der Waals surface area contributed by atoms with Gasteiger partial charge in [0.15, 0.2) is 0 Å². The minimum absolute atomic E-state index is 0.167. The van der Waals surface area contributed by atoms with Gasteiger partial charge in [-0.3, -0.25) is 4.98 Å². The number of unbranched alkanes of at least 4 members (excludes halogenated alkanes) is 1. The van der Waals surface area contributed by atoms with Gasteiger partial charge in [-0.05, 0) is 54.8 Å². The van der Waals surface area contributed by atoms with Crippen molar-refractivity contribution >= 4 is 5.69 Å². The lowest BCUT2D eigenvalue weighted by Crippen LogP contribution is -2.22. The largest absolute Gasteiger partial charge is 0.372 e. The first-order valence-electron chi connectivity index (χ1n) is 8.30. The van der Waals surface area contributed by atoms with Crippen LogP contribution in [0.25, 0.3) is 0 Å². The van der Waals surface area contributed by atoms with Gasteiger partial charge in [0.05, 0.1) is 5.69 Å². The molecular formula is C19H26FN3. The van der Waals surface area contributed by atoms with Crippen molar-refractivity contribution < 1.29 is 4.39 Å². The fourth-order valence-corrected chi connectivity index (χ4v) is 2.46. The van der Waals surface area contributed by atoms with Crippen LogP contribution in [0.2, 0.25) is 0 Å². The van der Waals surface area contributed by atoms with Crippen LogP contribution in [0, 0.1) is 5.82 Å². The van der Waals surface area contributed by atoms with Crippen molar-refractivity contribution in [3.05, 3.63) is 59.7 Å². The van der Waals surface area contributed by atoms with Crippen molar-refractivity contribution in [2.24, 2.45) is 0 Å². The molecule has 0 aliphatic heterocycles. The number of halogens is 1. The number of nitrogens with one attached hydrogen (secondary N) is 1. The summed E-state index contributed by atoms with van der Waals surface area (Å²) >= 11 is 0. The van der Waals surface area contributed by atoms with Crippen molar-refractivity contribution in [3.8, 4) is 0 Å². The fourth-order valence-electron chi connectivity index (χ4n) is 2.46. The number of anilines is 1. The first kappa shape index (κ1) is 17.4. The van der Waals surface area contributed by atoms with Crippen LogP contribution in [0.4, 0.5) is 10.1 Å². The third kappa shape index (κ3) is 5.64. The van der Waals surface area contributed by atoms with Gasteiger partial charge in [0.2, 0.25) is 0 Å². The molecule has 0 aliphatic rings. The van der Waals surface area contributed by atoms with Crippen molar-refractivity contribution in [2.75, 3.05) is 25.0 Å². The standard InChI is InChI=1S/C19H26FN3/c1-3-4-10-22-15-17-5-6-18(20)19(14-17)23(2)13-9-16-7-11-21-12-8-16/h5-8,11-12,14,22H,3-4,9-10,13,15H2,1-2H3. The van der Waals surface area contributed by atoms with Gasteiger partial charge < -0.3 is 10.2 Å². The van der Waals surface area contributed by atoms with E-state index in [0.717, 1.165) is 31.6 Å². The Balaban J connectivity index is 1.94. The molecule has 2 rings (SSSR count). The lowest BCUT2D eigenvalue weighted by Gasteiger charge is -2.21. The molecule has 0 radical (unpaired) electrons. The van der Waals surface area contributed by atoms with Gasteiger partial charge in [0, 0.05) is 32.5 Å². The number of hydrogen-bond acceptors (Lipinski definition) is 3. The molecule has 1 heterocycles. The third-order valence-corrected chi connectivity index (χ3v) is 3.94. The Hall–Kier alpha value is -1.94. The zero-order chi connectivity index (χ0) is 16.5. The minimum atomic E-state index is -0.167. The monoisotopic (exact) mass is 315 g/mol. The molecule has 0 saturated heterocycles. The molecule has 2 aromatic rings. The molecular weight excluding hydrogens is 289 g/mol. The fraction of sp³-hybridized carbons (Fsp3) is 0.421. The summed E-state index contributed by atoms with van der Waals surface area (Å²) in [6.45, 7) is 4.73. The molecule has 1 N–H and O–H groups in total. The van der Waals surface area contributed by atoms with Crippen LogP contribution >= 0.6 is 0 Å². The van der Waals surface area contributed by atoms with E-state index in [1.807, 2.05) is 36.2 Å². The number of rotatable bonds is 9. The van der Waals surface area contributed by atoms with E-state index in [1.54, 1.807) is 18.5 Å². The highest BCUT2D eigenvalue weighted by molar-refractivity contribution is 5.49. The van der Waals surface area contributed by atoms with Crippen molar-refractivity contribution in [2.45, 2.75) is 32.7 Å². The molecule has 1 aromatic carbocycles. The third-order valence-electron chi connectivity index (χ3n) is 3.94. The van der Waals surface area contributed by atoms with E-state index < -0.39 is 0 Å². The number of aromatic nitrogens is 1. The number of benzene rings is 1. The molecule has 4 heteroatoms. The average Bonchev–Trinajstić information content (AvgIpc) is 2.59. The Morgan fingerprint density at radius 1 is 1.13 bits per heavy atom. The topological polar surface area (TPSA) is 28.2 Å². The molecule has 0 bridgehead atoms. The van der Waals surface area contributed by atoms with Crippen LogP contribution in [0.5, 0.6) is 0 Å². The first-order valence-corrected chi connectivity index (χ1v) is 8.30. The maximum Gasteiger partial charge on any atom is 0.146 e. The van der Waals surface area contributed by atoms with Crippen LogP contribution < -0.4 is 10.2 Å². The SMILES string of the molecule is CCCCNCc1ccc(F)c(N(C)CCc2ccncc2)c1. The maximum atomic E-state index is 14.1. The lowest BCUT2D eigenvalue weighted by molar-refractivity contribution is 0.616. The second-order valence-corrected chi connectivity index (χ2v) is 5.84. The average molecular weight is 315 g/mol. The van der Waals surface area contributed by atoms with Crippen LogP contribution in [-0.2, 0) is 13.0 Å². The first-order chi connectivity index (χ1) is 11.2. The second-order valence-electron chi connectivity index (χ2n) is 5.84. The van der Waals surface area contributed by atoms with Crippen LogP contribution in [0.3, 0.4) is 0 Å². The molecule has 3 nitrogen and oxygen atoms in total. The maximum absolute atomic E-state index is 14.1. The molecule has 0 unspecified atom stereocenters. The Kier molecular flexibility index (Phi) is 7.01. The normalized spacial score (nSPS) is 10.7. The quantitative estimate of drug-likeness (QED) is 0.714. The van der Waals surface area contributed by atoms with Gasteiger partial charge in [-0.1, -0.05) is 19.4 Å². The summed E-state index contributed by atoms with van der Waals surface area (Å²) in [5.41, 5.74) is 2.99. The van der Waals surface area contributed by atoms with Gasteiger partial charge in [-0.2, -0.15) is 0 Å². The molecule has 124 valence electrons. The van der Waals surface area contributed by atoms with Gasteiger partial charge >= 0.3 is 0 Å². The Bertz CT molecular complexity index is 586. The molecule has 0 spiro atoms. The Morgan fingerprint density at radius 3 is 2.65 bits per heavy atom. The number of hydrogen-bond donors (Lipinski definition) is 1. The van der Waals surface area contributed by atoms with E-state index >= 15 is 0 Å². The summed E-state index contributed by atoms with van der Waals surface area (Å²) in [7, 11) is 1.94. The van der Waals surface area contributed by atoms with E-state index in [4.69, 9.17) is 0 Å². The predicted molar refractivity (Wildman–Crippen MR) is 94.2 cm³/mol. The number of pyridine rings is 1. The smallest absolute Gasteiger partial charge is 0.146 e. The van der Waals surface area contributed by atoms with E-state index in [1.165, 1.54) is 18.4 Å². The Morgan fingerprint density at radius 2 is 1.91 bits per heavy atom. The van der Waals surface area contributed by atoms with Gasteiger partial charge in [-0.15, -0.1) is 0 Å². The highest BCUT2D eigenvalue weighted by atomic mass is 19.1. The zero-order valence-corrected chi connectivity index (χ0v) is 14.1. The zero-order valence-electron chi connectivity index (χ0n) is 14.1. The van der Waals surface area contributed by atoms with E-state index in [2.05, 4.69) is 17.2 Å². The second kappa shape index (κ2) is 9.26. The molecule has 23 heavy (non-hydrogen) atoms. The summed E-state index contributed by atoms with van der Waals surface area (Å²) in [5, 5.41) is 3.40. The number of nitrogens with zero attached hydrogens (tertiary/aromatic N) is 2.